The molecule has 0 atom stereocenters. The van der Waals surface area contributed by atoms with Crippen LogP contribution in [-0.4, -0.2) is 7.11 Å². The number of thiophene rings is 1. The van der Waals surface area contributed by atoms with Gasteiger partial charge in [-0.15, -0.1) is 11.3 Å². The maximum absolute atomic E-state index is 5.20. The summed E-state index contributed by atoms with van der Waals surface area (Å²) < 4.78 is 7.42. The van der Waals surface area contributed by atoms with Crippen molar-refractivity contribution in [3.8, 4) is 16.2 Å². The van der Waals surface area contributed by atoms with Crippen molar-refractivity contribution in [3.63, 3.8) is 0 Å². The van der Waals surface area contributed by atoms with Gasteiger partial charge in [0.25, 0.3) is 0 Å². The smallest absolute Gasteiger partial charge is 0.119 e. The van der Waals surface area contributed by atoms with Crippen molar-refractivity contribution < 1.29 is 4.74 Å². The highest BCUT2D eigenvalue weighted by molar-refractivity contribution is 9.11. The zero-order valence-electron chi connectivity index (χ0n) is 7.96. The predicted molar refractivity (Wildman–Crippen MR) is 71.7 cm³/mol. The largest absolute Gasteiger partial charge is 0.497 e. The molecule has 0 saturated heterocycles. The molecule has 0 spiro atoms. The fourth-order valence-electron chi connectivity index (χ4n) is 1.30. The lowest BCUT2D eigenvalue weighted by atomic mass is 10.2. The van der Waals surface area contributed by atoms with Crippen LogP contribution >= 0.6 is 43.2 Å². The molecule has 0 unspecified atom stereocenters. The van der Waals surface area contributed by atoms with Gasteiger partial charge < -0.3 is 4.74 Å². The Hall–Kier alpha value is -0.320. The Labute approximate surface area is 109 Å². The average Bonchev–Trinajstić information content (AvgIpc) is 2.58. The molecular formula is C11H8Br2OS. The van der Waals surface area contributed by atoms with Gasteiger partial charge in [0.15, 0.2) is 0 Å². The summed E-state index contributed by atoms with van der Waals surface area (Å²) in [6.07, 6.45) is 0. The Morgan fingerprint density at radius 3 is 2.60 bits per heavy atom. The van der Waals surface area contributed by atoms with Crippen LogP contribution in [0.15, 0.2) is 38.6 Å². The van der Waals surface area contributed by atoms with Gasteiger partial charge in [0, 0.05) is 9.35 Å². The van der Waals surface area contributed by atoms with Gasteiger partial charge in [-0.05, 0) is 55.6 Å². The molecule has 1 aromatic carbocycles. The van der Waals surface area contributed by atoms with Crippen molar-refractivity contribution in [1.82, 2.24) is 0 Å². The fraction of sp³-hybridized carbons (Fsp3) is 0.0909. The summed E-state index contributed by atoms with van der Waals surface area (Å²) in [4.78, 5) is 1.21. The molecule has 1 aromatic heterocycles. The molecule has 0 fully saturated rings. The Morgan fingerprint density at radius 1 is 1.20 bits per heavy atom. The first-order valence-corrected chi connectivity index (χ1v) is 6.70. The van der Waals surface area contributed by atoms with Gasteiger partial charge in [-0.1, -0.05) is 12.1 Å². The van der Waals surface area contributed by atoms with Gasteiger partial charge in [-0.2, -0.15) is 0 Å². The van der Waals surface area contributed by atoms with E-state index < -0.39 is 0 Å². The highest BCUT2D eigenvalue weighted by Crippen LogP contribution is 2.39. The van der Waals surface area contributed by atoms with E-state index in [-0.39, 0.29) is 0 Å². The molecule has 78 valence electrons. The minimum Gasteiger partial charge on any atom is -0.497 e. The number of benzene rings is 1. The summed E-state index contributed by atoms with van der Waals surface area (Å²) >= 11 is 8.71. The van der Waals surface area contributed by atoms with Gasteiger partial charge in [0.05, 0.1) is 10.9 Å². The third-order valence-corrected chi connectivity index (χ3v) is 4.56. The third-order valence-electron chi connectivity index (χ3n) is 1.99. The quantitative estimate of drug-likeness (QED) is 0.746. The first-order chi connectivity index (χ1) is 7.20. The Balaban J connectivity index is 2.49. The first-order valence-electron chi connectivity index (χ1n) is 4.30. The number of ether oxygens (including phenoxy) is 1. The van der Waals surface area contributed by atoms with Crippen LogP contribution in [0.1, 0.15) is 0 Å². The number of hydrogen-bond acceptors (Lipinski definition) is 2. The Morgan fingerprint density at radius 2 is 2.00 bits per heavy atom. The number of hydrogen-bond donors (Lipinski definition) is 0. The van der Waals surface area contributed by atoms with Crippen LogP contribution in [0.3, 0.4) is 0 Å². The summed E-state index contributed by atoms with van der Waals surface area (Å²) in [5.41, 5.74) is 1.16. The molecule has 0 radical (unpaired) electrons. The maximum atomic E-state index is 5.20. The lowest BCUT2D eigenvalue weighted by Crippen LogP contribution is -1.82. The van der Waals surface area contributed by atoms with Crippen molar-refractivity contribution in [3.05, 3.63) is 38.6 Å². The van der Waals surface area contributed by atoms with Gasteiger partial charge in [-0.3, -0.25) is 0 Å². The van der Waals surface area contributed by atoms with Gasteiger partial charge >= 0.3 is 0 Å². The second-order valence-corrected chi connectivity index (χ2v) is 6.25. The van der Waals surface area contributed by atoms with Gasteiger partial charge in [0.2, 0.25) is 0 Å². The Kier molecular flexibility index (Phi) is 3.49. The number of rotatable bonds is 2. The van der Waals surface area contributed by atoms with Crippen LogP contribution in [-0.2, 0) is 0 Å². The molecule has 2 aromatic rings. The zero-order chi connectivity index (χ0) is 10.8. The molecule has 0 aliphatic rings. The van der Waals surface area contributed by atoms with Crippen LogP contribution in [0.2, 0.25) is 0 Å². The highest BCUT2D eigenvalue weighted by Gasteiger charge is 2.08. The summed E-state index contributed by atoms with van der Waals surface area (Å²) in [5.74, 6) is 0.879. The SMILES string of the molecule is COc1cccc(-c2sc(Br)cc2Br)c1. The highest BCUT2D eigenvalue weighted by atomic mass is 79.9. The molecule has 1 nitrogen and oxygen atoms in total. The summed E-state index contributed by atoms with van der Waals surface area (Å²) in [6, 6.07) is 10.1. The van der Waals surface area contributed by atoms with Crippen molar-refractivity contribution in [2.45, 2.75) is 0 Å². The van der Waals surface area contributed by atoms with Gasteiger partial charge in [0.1, 0.15) is 5.75 Å². The van der Waals surface area contributed by atoms with E-state index in [1.807, 2.05) is 18.2 Å². The van der Waals surface area contributed by atoms with E-state index in [1.54, 1.807) is 18.4 Å². The van der Waals surface area contributed by atoms with Crippen LogP contribution in [0.5, 0.6) is 5.75 Å². The van der Waals surface area contributed by atoms with E-state index in [0.29, 0.717) is 0 Å². The molecule has 1 heterocycles. The molecule has 2 rings (SSSR count). The molecule has 15 heavy (non-hydrogen) atoms. The summed E-state index contributed by atoms with van der Waals surface area (Å²) in [5, 5.41) is 0. The zero-order valence-corrected chi connectivity index (χ0v) is 11.9. The van der Waals surface area contributed by atoms with E-state index in [9.17, 15) is 0 Å². The van der Waals surface area contributed by atoms with Crippen LogP contribution in [0.4, 0.5) is 0 Å². The molecule has 0 amide bonds. The number of halogens is 2. The molecule has 0 bridgehead atoms. The summed E-state index contributed by atoms with van der Waals surface area (Å²) in [6.45, 7) is 0. The minimum absolute atomic E-state index is 0.879. The summed E-state index contributed by atoms with van der Waals surface area (Å²) in [7, 11) is 1.68. The number of methoxy groups -OCH3 is 1. The second kappa shape index (κ2) is 4.68. The lowest BCUT2D eigenvalue weighted by molar-refractivity contribution is 0.415. The normalized spacial score (nSPS) is 10.3. The van der Waals surface area contributed by atoms with E-state index in [4.69, 9.17) is 4.74 Å². The molecule has 0 N–H and O–H groups in total. The topological polar surface area (TPSA) is 9.23 Å². The standard InChI is InChI=1S/C11H8Br2OS/c1-14-8-4-2-3-7(5-8)11-9(12)6-10(13)15-11/h2-6H,1H3. The van der Waals surface area contributed by atoms with Crippen molar-refractivity contribution in [2.24, 2.45) is 0 Å². The Bertz CT molecular complexity index is 479. The van der Waals surface area contributed by atoms with Crippen LogP contribution in [0.25, 0.3) is 10.4 Å². The van der Waals surface area contributed by atoms with E-state index in [1.165, 1.54) is 4.88 Å². The molecule has 4 heteroatoms. The van der Waals surface area contributed by atoms with Crippen molar-refractivity contribution >= 4 is 43.2 Å². The maximum Gasteiger partial charge on any atom is 0.119 e. The monoisotopic (exact) mass is 346 g/mol. The third kappa shape index (κ3) is 2.44. The van der Waals surface area contributed by atoms with Crippen LogP contribution in [0, 0.1) is 0 Å². The van der Waals surface area contributed by atoms with Gasteiger partial charge in [-0.25, -0.2) is 0 Å². The lowest BCUT2D eigenvalue weighted by Gasteiger charge is -2.02. The average molecular weight is 348 g/mol. The van der Waals surface area contributed by atoms with Crippen LogP contribution < -0.4 is 4.74 Å². The molecule has 0 aliphatic carbocycles. The fourth-order valence-corrected chi connectivity index (χ4v) is 3.95. The molecular weight excluding hydrogens is 340 g/mol. The predicted octanol–water partition coefficient (Wildman–Crippen LogP) is 4.95. The van der Waals surface area contributed by atoms with Crippen molar-refractivity contribution in [1.29, 1.82) is 0 Å². The molecule has 0 aliphatic heterocycles. The molecule has 0 saturated carbocycles. The minimum atomic E-state index is 0.879. The van der Waals surface area contributed by atoms with E-state index in [0.717, 1.165) is 19.6 Å². The first kappa shape index (κ1) is 11.2. The van der Waals surface area contributed by atoms with E-state index in [2.05, 4.69) is 44.0 Å². The van der Waals surface area contributed by atoms with Crippen molar-refractivity contribution in [2.75, 3.05) is 7.11 Å². The second-order valence-electron chi connectivity index (χ2n) is 2.96. The van der Waals surface area contributed by atoms with E-state index >= 15 is 0 Å².